The Morgan fingerprint density at radius 1 is 1.38 bits per heavy atom. The normalized spacial score (nSPS) is 21.2. The van der Waals surface area contributed by atoms with Crippen molar-refractivity contribution < 1.29 is 4.74 Å². The van der Waals surface area contributed by atoms with Crippen LogP contribution in [0.15, 0.2) is 24.3 Å². The zero-order valence-electron chi connectivity index (χ0n) is 9.86. The summed E-state index contributed by atoms with van der Waals surface area (Å²) >= 11 is 0. The molecule has 1 aliphatic rings. The molecule has 0 aliphatic carbocycles. The monoisotopic (exact) mass is 220 g/mol. The van der Waals surface area contributed by atoms with Crippen LogP contribution in [0, 0.1) is 0 Å². The van der Waals surface area contributed by atoms with Gasteiger partial charge in [0.05, 0.1) is 6.61 Å². The Bertz CT molecular complexity index is 323. The van der Waals surface area contributed by atoms with E-state index in [9.17, 15) is 0 Å². The molecule has 2 rings (SSSR count). The molecule has 0 amide bonds. The van der Waals surface area contributed by atoms with Crippen molar-refractivity contribution in [3.05, 3.63) is 24.3 Å². The van der Waals surface area contributed by atoms with Crippen LogP contribution in [0.2, 0.25) is 0 Å². The zero-order valence-corrected chi connectivity index (χ0v) is 9.86. The van der Waals surface area contributed by atoms with Gasteiger partial charge in [-0.05, 0) is 57.1 Å². The summed E-state index contributed by atoms with van der Waals surface area (Å²) < 4.78 is 5.69. The van der Waals surface area contributed by atoms with Crippen LogP contribution in [0.5, 0.6) is 5.75 Å². The average Bonchev–Trinajstić information content (AvgIpc) is 2.68. The minimum absolute atomic E-state index is 0.703. The maximum atomic E-state index is 5.69. The molecule has 88 valence electrons. The molecule has 16 heavy (non-hydrogen) atoms. The minimum Gasteiger partial charge on any atom is -0.494 e. The number of rotatable bonds is 4. The van der Waals surface area contributed by atoms with Crippen LogP contribution in [-0.2, 0) is 0 Å². The highest BCUT2D eigenvalue weighted by Gasteiger charge is 2.20. The predicted molar refractivity (Wildman–Crippen MR) is 66.6 cm³/mol. The van der Waals surface area contributed by atoms with Gasteiger partial charge in [-0.3, -0.25) is 0 Å². The molecule has 1 fully saturated rings. The largest absolute Gasteiger partial charge is 0.494 e. The molecule has 2 N–H and O–H groups in total. The lowest BCUT2D eigenvalue weighted by Crippen LogP contribution is -2.26. The number of nitrogens with two attached hydrogens (primary N) is 1. The molecule has 1 unspecified atom stereocenters. The van der Waals surface area contributed by atoms with Gasteiger partial charge in [0.15, 0.2) is 0 Å². The van der Waals surface area contributed by atoms with Crippen LogP contribution in [0.3, 0.4) is 0 Å². The van der Waals surface area contributed by atoms with E-state index in [1.807, 2.05) is 24.3 Å². The third-order valence-electron chi connectivity index (χ3n) is 3.27. The van der Waals surface area contributed by atoms with Gasteiger partial charge in [0.25, 0.3) is 0 Å². The smallest absolute Gasteiger partial charge is 0.119 e. The third kappa shape index (κ3) is 2.89. The highest BCUT2D eigenvalue weighted by atomic mass is 16.5. The molecule has 0 bridgehead atoms. The summed E-state index contributed by atoms with van der Waals surface area (Å²) in [7, 11) is 2.20. The highest BCUT2D eigenvalue weighted by molar-refractivity contribution is 5.41. The molecule has 1 saturated heterocycles. The van der Waals surface area contributed by atoms with Gasteiger partial charge >= 0.3 is 0 Å². The fourth-order valence-electron chi connectivity index (χ4n) is 2.22. The van der Waals surface area contributed by atoms with E-state index in [2.05, 4.69) is 11.9 Å². The van der Waals surface area contributed by atoms with Crippen molar-refractivity contribution in [1.29, 1.82) is 0 Å². The second kappa shape index (κ2) is 5.21. The lowest BCUT2D eigenvalue weighted by molar-refractivity contribution is 0.233. The van der Waals surface area contributed by atoms with Gasteiger partial charge in [0.2, 0.25) is 0 Å². The van der Waals surface area contributed by atoms with Gasteiger partial charge in [-0.15, -0.1) is 0 Å². The first-order chi connectivity index (χ1) is 7.75. The van der Waals surface area contributed by atoms with E-state index in [-0.39, 0.29) is 0 Å². The fraction of sp³-hybridized carbons (Fsp3) is 0.538. The maximum absolute atomic E-state index is 5.69. The molecule has 0 spiro atoms. The summed E-state index contributed by atoms with van der Waals surface area (Å²) in [6.45, 7) is 2.02. The molecule has 3 heteroatoms. The number of likely N-dealkylation sites (tertiary alicyclic amines) is 1. The van der Waals surface area contributed by atoms with Gasteiger partial charge in [-0.1, -0.05) is 0 Å². The van der Waals surface area contributed by atoms with Gasteiger partial charge < -0.3 is 15.4 Å². The van der Waals surface area contributed by atoms with E-state index in [1.54, 1.807) is 0 Å². The van der Waals surface area contributed by atoms with Crippen molar-refractivity contribution >= 4 is 5.69 Å². The Kier molecular flexibility index (Phi) is 3.67. The first-order valence-corrected chi connectivity index (χ1v) is 5.94. The molecule has 0 saturated carbocycles. The van der Waals surface area contributed by atoms with E-state index in [4.69, 9.17) is 10.5 Å². The molecule has 1 heterocycles. The maximum Gasteiger partial charge on any atom is 0.119 e. The Morgan fingerprint density at radius 2 is 2.12 bits per heavy atom. The number of anilines is 1. The summed E-state index contributed by atoms with van der Waals surface area (Å²) in [5.41, 5.74) is 6.39. The Hall–Kier alpha value is -1.22. The van der Waals surface area contributed by atoms with Gasteiger partial charge in [0, 0.05) is 11.7 Å². The summed E-state index contributed by atoms with van der Waals surface area (Å²) in [4.78, 5) is 2.42. The molecule has 3 nitrogen and oxygen atoms in total. The van der Waals surface area contributed by atoms with Gasteiger partial charge in [0.1, 0.15) is 5.75 Å². The van der Waals surface area contributed by atoms with E-state index in [0.29, 0.717) is 6.04 Å². The first kappa shape index (κ1) is 11.3. The van der Waals surface area contributed by atoms with Crippen molar-refractivity contribution in [3.63, 3.8) is 0 Å². The third-order valence-corrected chi connectivity index (χ3v) is 3.27. The standard InChI is InChI=1S/C13H20N2O/c1-15-9-2-3-12(15)8-10-16-13-6-4-11(14)5-7-13/h4-7,12H,2-3,8-10,14H2,1H3. The average molecular weight is 220 g/mol. The van der Waals surface area contributed by atoms with Crippen molar-refractivity contribution in [3.8, 4) is 5.75 Å². The summed E-state index contributed by atoms with van der Waals surface area (Å²) in [6, 6.07) is 8.30. The number of nitrogens with zero attached hydrogens (tertiary/aromatic N) is 1. The summed E-state index contributed by atoms with van der Waals surface area (Å²) in [5, 5.41) is 0. The van der Waals surface area contributed by atoms with Crippen molar-refractivity contribution in [2.24, 2.45) is 0 Å². The van der Waals surface area contributed by atoms with E-state index in [1.165, 1.54) is 19.4 Å². The zero-order chi connectivity index (χ0) is 11.4. The van der Waals surface area contributed by atoms with Crippen LogP contribution in [-0.4, -0.2) is 31.1 Å². The van der Waals surface area contributed by atoms with E-state index in [0.717, 1.165) is 24.5 Å². The van der Waals surface area contributed by atoms with Crippen LogP contribution in [0.25, 0.3) is 0 Å². The van der Waals surface area contributed by atoms with Crippen LogP contribution in [0.1, 0.15) is 19.3 Å². The fourth-order valence-corrected chi connectivity index (χ4v) is 2.22. The second-order valence-electron chi connectivity index (χ2n) is 4.48. The molecule has 1 aromatic carbocycles. The molecule has 1 aliphatic heterocycles. The Morgan fingerprint density at radius 3 is 2.75 bits per heavy atom. The molecule has 0 aromatic heterocycles. The highest BCUT2D eigenvalue weighted by Crippen LogP contribution is 2.19. The lowest BCUT2D eigenvalue weighted by atomic mass is 10.1. The number of hydrogen-bond donors (Lipinski definition) is 1. The first-order valence-electron chi connectivity index (χ1n) is 5.94. The number of benzene rings is 1. The molecular formula is C13H20N2O. The van der Waals surface area contributed by atoms with E-state index < -0.39 is 0 Å². The van der Waals surface area contributed by atoms with Gasteiger partial charge in [-0.25, -0.2) is 0 Å². The number of ether oxygens (including phenoxy) is 1. The number of hydrogen-bond acceptors (Lipinski definition) is 3. The van der Waals surface area contributed by atoms with Crippen LogP contribution >= 0.6 is 0 Å². The topological polar surface area (TPSA) is 38.5 Å². The molecular weight excluding hydrogens is 200 g/mol. The Balaban J connectivity index is 1.73. The minimum atomic E-state index is 0.703. The van der Waals surface area contributed by atoms with Crippen LogP contribution < -0.4 is 10.5 Å². The number of nitrogen functional groups attached to an aromatic ring is 1. The van der Waals surface area contributed by atoms with Crippen molar-refractivity contribution in [2.75, 3.05) is 25.9 Å². The van der Waals surface area contributed by atoms with Crippen molar-refractivity contribution in [1.82, 2.24) is 4.90 Å². The van der Waals surface area contributed by atoms with Crippen LogP contribution in [0.4, 0.5) is 5.69 Å². The second-order valence-corrected chi connectivity index (χ2v) is 4.48. The lowest BCUT2D eigenvalue weighted by Gasteiger charge is -2.19. The van der Waals surface area contributed by atoms with E-state index >= 15 is 0 Å². The predicted octanol–water partition coefficient (Wildman–Crippen LogP) is 2.13. The molecule has 0 radical (unpaired) electrons. The van der Waals surface area contributed by atoms with Crippen molar-refractivity contribution in [2.45, 2.75) is 25.3 Å². The Labute approximate surface area is 97.2 Å². The summed E-state index contributed by atoms with van der Waals surface area (Å²) in [5.74, 6) is 0.912. The SMILES string of the molecule is CN1CCCC1CCOc1ccc(N)cc1. The quantitative estimate of drug-likeness (QED) is 0.790. The van der Waals surface area contributed by atoms with Gasteiger partial charge in [-0.2, -0.15) is 0 Å². The molecule has 1 atom stereocenters. The molecule has 1 aromatic rings. The summed E-state index contributed by atoms with van der Waals surface area (Å²) in [6.07, 6.45) is 3.74.